The van der Waals surface area contributed by atoms with Gasteiger partial charge in [0.25, 0.3) is 0 Å². The van der Waals surface area contributed by atoms with Crippen LogP contribution in [0.15, 0.2) is 18.2 Å². The zero-order chi connectivity index (χ0) is 11.3. The topological polar surface area (TPSA) is 85.2 Å². The molecule has 0 unspecified atom stereocenters. The van der Waals surface area contributed by atoms with Crippen molar-refractivity contribution in [3.8, 4) is 11.8 Å². The minimum Gasteiger partial charge on any atom is -0.506 e. The lowest BCUT2D eigenvalue weighted by Gasteiger charge is -2.07. The maximum absolute atomic E-state index is 11.1. The van der Waals surface area contributed by atoms with Crippen LogP contribution in [0.5, 0.6) is 5.75 Å². The highest BCUT2D eigenvalue weighted by molar-refractivity contribution is 6.31. The predicted octanol–water partition coefficient (Wildman–Crippen LogP) is 1.69. The number of halogens is 1. The smallest absolute Gasteiger partial charge is 0.320 e. The van der Waals surface area contributed by atoms with Gasteiger partial charge < -0.3 is 15.7 Å². The van der Waals surface area contributed by atoms with Gasteiger partial charge in [-0.15, -0.1) is 0 Å². The number of phenols is 1. The van der Waals surface area contributed by atoms with Crippen molar-refractivity contribution in [2.75, 3.05) is 11.9 Å². The summed E-state index contributed by atoms with van der Waals surface area (Å²) in [5, 5.41) is 22.6. The predicted molar refractivity (Wildman–Crippen MR) is 55.8 cm³/mol. The molecule has 0 bridgehead atoms. The average Bonchev–Trinajstić information content (AvgIpc) is 2.20. The van der Waals surface area contributed by atoms with E-state index in [0.717, 1.165) is 0 Å². The zero-order valence-corrected chi connectivity index (χ0v) is 8.38. The lowest BCUT2D eigenvalue weighted by atomic mass is 10.3. The molecule has 0 atom stereocenters. The number of hydrogen-bond acceptors (Lipinski definition) is 3. The molecule has 3 N–H and O–H groups in total. The summed E-state index contributed by atoms with van der Waals surface area (Å²) in [4.78, 5) is 11.1. The van der Waals surface area contributed by atoms with Gasteiger partial charge in [-0.3, -0.25) is 0 Å². The molecule has 1 aromatic carbocycles. The summed E-state index contributed by atoms with van der Waals surface area (Å²) in [6.07, 6.45) is 0. The van der Waals surface area contributed by atoms with E-state index in [1.807, 2.05) is 0 Å². The molecule has 0 aliphatic carbocycles. The fourth-order valence-electron chi connectivity index (χ4n) is 0.895. The Balaban J connectivity index is 2.68. The molecular formula is C9H8ClN3O2. The number of rotatable bonds is 2. The Morgan fingerprint density at radius 3 is 3.00 bits per heavy atom. The molecule has 0 fully saturated rings. The van der Waals surface area contributed by atoms with Crippen LogP contribution in [0, 0.1) is 11.3 Å². The van der Waals surface area contributed by atoms with Gasteiger partial charge in [0, 0.05) is 5.02 Å². The zero-order valence-electron chi connectivity index (χ0n) is 7.62. The van der Waals surface area contributed by atoms with E-state index in [4.69, 9.17) is 16.9 Å². The van der Waals surface area contributed by atoms with Crippen molar-refractivity contribution in [3.05, 3.63) is 23.2 Å². The number of carbonyl (C=O) groups is 1. The van der Waals surface area contributed by atoms with E-state index < -0.39 is 6.03 Å². The number of amides is 2. The highest BCUT2D eigenvalue weighted by Gasteiger charge is 2.05. The third kappa shape index (κ3) is 3.37. The minimum absolute atomic E-state index is 0.0912. The average molecular weight is 226 g/mol. The first kappa shape index (κ1) is 11.1. The van der Waals surface area contributed by atoms with Crippen molar-refractivity contribution in [3.63, 3.8) is 0 Å². The Morgan fingerprint density at radius 1 is 1.60 bits per heavy atom. The normalized spacial score (nSPS) is 9.07. The summed E-state index contributed by atoms with van der Waals surface area (Å²) >= 11 is 5.67. The monoisotopic (exact) mass is 225 g/mol. The van der Waals surface area contributed by atoms with E-state index in [1.54, 1.807) is 6.07 Å². The Kier molecular flexibility index (Phi) is 3.77. The van der Waals surface area contributed by atoms with E-state index in [2.05, 4.69) is 10.6 Å². The Bertz CT molecular complexity index is 414. The van der Waals surface area contributed by atoms with Crippen LogP contribution in [0.25, 0.3) is 0 Å². The maximum Gasteiger partial charge on any atom is 0.320 e. The summed E-state index contributed by atoms with van der Waals surface area (Å²) < 4.78 is 0. The van der Waals surface area contributed by atoms with Gasteiger partial charge in [0.2, 0.25) is 0 Å². The van der Waals surface area contributed by atoms with Gasteiger partial charge in [0.05, 0.1) is 11.8 Å². The van der Waals surface area contributed by atoms with Crippen LogP contribution in [0.2, 0.25) is 5.02 Å². The minimum atomic E-state index is -0.575. The Morgan fingerprint density at radius 2 is 2.33 bits per heavy atom. The van der Waals surface area contributed by atoms with E-state index in [0.29, 0.717) is 5.02 Å². The second-order valence-electron chi connectivity index (χ2n) is 2.63. The number of nitrogens with zero attached hydrogens (tertiary/aromatic N) is 1. The molecule has 0 saturated carbocycles. The summed E-state index contributed by atoms with van der Waals surface area (Å²) in [5.41, 5.74) is 0.193. The molecule has 5 nitrogen and oxygen atoms in total. The van der Waals surface area contributed by atoms with Crippen molar-refractivity contribution >= 4 is 23.3 Å². The molecule has 0 heterocycles. The lowest BCUT2D eigenvalue weighted by molar-refractivity contribution is 0.253. The van der Waals surface area contributed by atoms with Gasteiger partial charge >= 0.3 is 6.03 Å². The Labute approximate surface area is 91.3 Å². The number of nitriles is 1. The SMILES string of the molecule is N#CCNC(=O)Nc1cc(Cl)ccc1O. The van der Waals surface area contributed by atoms with Gasteiger partial charge in [-0.2, -0.15) is 5.26 Å². The van der Waals surface area contributed by atoms with Crippen LogP contribution in [0.1, 0.15) is 0 Å². The van der Waals surface area contributed by atoms with E-state index in [9.17, 15) is 9.90 Å². The Hall–Kier alpha value is -1.93. The first-order valence-electron chi connectivity index (χ1n) is 4.04. The molecule has 0 radical (unpaired) electrons. The van der Waals surface area contributed by atoms with Crippen LogP contribution in [0.4, 0.5) is 10.5 Å². The third-order valence-electron chi connectivity index (χ3n) is 1.53. The molecule has 0 aromatic heterocycles. The van der Waals surface area contributed by atoms with Crippen molar-refractivity contribution in [2.45, 2.75) is 0 Å². The number of anilines is 1. The highest BCUT2D eigenvalue weighted by atomic mass is 35.5. The summed E-state index contributed by atoms with van der Waals surface area (Å²) in [5.74, 6) is -0.0912. The number of benzene rings is 1. The van der Waals surface area contributed by atoms with Crippen molar-refractivity contribution in [1.29, 1.82) is 5.26 Å². The van der Waals surface area contributed by atoms with Crippen LogP contribution in [-0.4, -0.2) is 17.7 Å². The van der Waals surface area contributed by atoms with E-state index in [-0.39, 0.29) is 18.0 Å². The van der Waals surface area contributed by atoms with Crippen molar-refractivity contribution < 1.29 is 9.90 Å². The number of aromatic hydroxyl groups is 1. The van der Waals surface area contributed by atoms with Gasteiger partial charge in [-0.25, -0.2) is 4.79 Å². The molecule has 0 saturated heterocycles. The molecule has 6 heteroatoms. The maximum atomic E-state index is 11.1. The second-order valence-corrected chi connectivity index (χ2v) is 3.06. The van der Waals surface area contributed by atoms with Crippen molar-refractivity contribution in [1.82, 2.24) is 5.32 Å². The fraction of sp³-hybridized carbons (Fsp3) is 0.111. The number of nitrogens with one attached hydrogen (secondary N) is 2. The summed E-state index contributed by atoms with van der Waals surface area (Å²) in [6, 6.07) is 5.44. The molecular weight excluding hydrogens is 218 g/mol. The summed E-state index contributed by atoms with van der Waals surface area (Å²) in [7, 11) is 0. The first-order valence-corrected chi connectivity index (χ1v) is 4.41. The van der Waals surface area contributed by atoms with Crippen LogP contribution in [0.3, 0.4) is 0 Å². The standard InChI is InChI=1S/C9H8ClN3O2/c10-6-1-2-8(14)7(5-6)13-9(15)12-4-3-11/h1-2,5,14H,4H2,(H2,12,13,15). The molecule has 78 valence electrons. The first-order chi connectivity index (χ1) is 7.13. The van der Waals surface area contributed by atoms with Crippen LogP contribution in [-0.2, 0) is 0 Å². The molecule has 2 amide bonds. The second kappa shape index (κ2) is 5.08. The van der Waals surface area contributed by atoms with Crippen molar-refractivity contribution in [2.24, 2.45) is 0 Å². The molecule has 1 rings (SSSR count). The largest absolute Gasteiger partial charge is 0.506 e. The van der Waals surface area contributed by atoms with Gasteiger partial charge in [-0.05, 0) is 18.2 Å². The van der Waals surface area contributed by atoms with E-state index in [1.165, 1.54) is 18.2 Å². The molecule has 0 spiro atoms. The number of hydrogen-bond donors (Lipinski definition) is 3. The molecule has 15 heavy (non-hydrogen) atoms. The lowest BCUT2D eigenvalue weighted by Crippen LogP contribution is -2.28. The number of urea groups is 1. The fourth-order valence-corrected chi connectivity index (χ4v) is 1.07. The summed E-state index contributed by atoms with van der Waals surface area (Å²) in [6.45, 7) is -0.104. The quantitative estimate of drug-likeness (QED) is 0.529. The molecule has 1 aromatic rings. The molecule has 0 aliphatic rings. The van der Waals surface area contributed by atoms with Gasteiger partial charge in [-0.1, -0.05) is 11.6 Å². The van der Waals surface area contributed by atoms with E-state index >= 15 is 0 Å². The van der Waals surface area contributed by atoms with Gasteiger partial charge in [0.1, 0.15) is 12.3 Å². The third-order valence-corrected chi connectivity index (χ3v) is 1.77. The van der Waals surface area contributed by atoms with Crippen LogP contribution >= 0.6 is 11.6 Å². The van der Waals surface area contributed by atoms with Gasteiger partial charge in [0.15, 0.2) is 0 Å². The molecule has 0 aliphatic heterocycles. The highest BCUT2D eigenvalue weighted by Crippen LogP contribution is 2.26. The van der Waals surface area contributed by atoms with Crippen LogP contribution < -0.4 is 10.6 Å². The number of phenolic OH excluding ortho intramolecular Hbond substituents is 1. The number of carbonyl (C=O) groups excluding carboxylic acids is 1.